The van der Waals surface area contributed by atoms with E-state index >= 15 is 0 Å². The molecule has 9 heteroatoms. The molecule has 1 rings (SSSR count). The molecule has 22 heavy (non-hydrogen) atoms. The van der Waals surface area contributed by atoms with Gasteiger partial charge in [0.1, 0.15) is 0 Å². The van der Waals surface area contributed by atoms with Gasteiger partial charge in [0, 0.05) is 31.4 Å². The van der Waals surface area contributed by atoms with Crippen LogP contribution in [-0.2, 0) is 18.9 Å². The van der Waals surface area contributed by atoms with Gasteiger partial charge in [-0.25, -0.2) is 0 Å². The lowest BCUT2D eigenvalue weighted by Crippen LogP contribution is -2.27. The highest BCUT2D eigenvalue weighted by atomic mass is 35.5. The molecule has 1 aromatic carbocycles. The normalized spacial score (nSPS) is 13.0. The fourth-order valence-electron chi connectivity index (χ4n) is 1.88. The molecule has 0 unspecified atom stereocenters. The summed E-state index contributed by atoms with van der Waals surface area (Å²) >= 11 is 11.1. The average Bonchev–Trinajstić information content (AvgIpc) is 2.37. The maximum absolute atomic E-state index is 12.7. The van der Waals surface area contributed by atoms with Gasteiger partial charge in [0.2, 0.25) is 0 Å². The van der Waals surface area contributed by atoms with Crippen molar-refractivity contribution in [2.24, 2.45) is 0 Å². The number of hydrogen-bond donors (Lipinski definition) is 0. The third-order valence-corrected chi connectivity index (χ3v) is 3.19. The van der Waals surface area contributed by atoms with Crippen LogP contribution in [0.5, 0.6) is 0 Å². The zero-order valence-corrected chi connectivity index (χ0v) is 12.8. The van der Waals surface area contributed by atoms with Gasteiger partial charge in [-0.2, -0.15) is 26.3 Å². The molecule has 0 fully saturated rings. The molecule has 0 atom stereocenters. The first-order valence-electron chi connectivity index (χ1n) is 6.20. The third kappa shape index (κ3) is 5.85. The van der Waals surface area contributed by atoms with Crippen LogP contribution in [0.2, 0.25) is 0 Å². The predicted molar refractivity (Wildman–Crippen MR) is 73.2 cm³/mol. The first kappa shape index (κ1) is 19.4. The second-order valence-corrected chi connectivity index (χ2v) is 5.32. The van der Waals surface area contributed by atoms with E-state index in [4.69, 9.17) is 23.2 Å². The highest BCUT2D eigenvalue weighted by Crippen LogP contribution is 2.36. The lowest BCUT2D eigenvalue weighted by molar-refractivity contribution is -0.143. The van der Waals surface area contributed by atoms with E-state index in [0.717, 1.165) is 0 Å². The van der Waals surface area contributed by atoms with Crippen molar-refractivity contribution in [3.8, 4) is 0 Å². The molecule has 0 radical (unpaired) electrons. The smallest absolute Gasteiger partial charge is 0.297 e. The lowest BCUT2D eigenvalue weighted by atomic mass is 10.0. The van der Waals surface area contributed by atoms with Crippen LogP contribution in [0.3, 0.4) is 0 Å². The van der Waals surface area contributed by atoms with E-state index < -0.39 is 23.5 Å². The Labute approximate surface area is 133 Å². The van der Waals surface area contributed by atoms with E-state index in [1.807, 2.05) is 0 Å². The summed E-state index contributed by atoms with van der Waals surface area (Å²) in [5.41, 5.74) is -2.74. The Kier molecular flexibility index (Phi) is 6.83. The van der Waals surface area contributed by atoms with E-state index in [1.54, 1.807) is 4.90 Å². The molecule has 0 saturated carbocycles. The van der Waals surface area contributed by atoms with Crippen LogP contribution in [0.25, 0.3) is 0 Å². The Morgan fingerprint density at radius 1 is 0.773 bits per heavy atom. The van der Waals surface area contributed by atoms with E-state index in [1.165, 1.54) is 0 Å². The summed E-state index contributed by atoms with van der Waals surface area (Å²) in [6.45, 7) is 0.532. The SMILES string of the molecule is FC(F)(F)c1cc(CN(CCCl)CCCl)cc(C(F)(F)F)c1. The second-order valence-electron chi connectivity index (χ2n) is 4.57. The predicted octanol–water partition coefficient (Wildman–Crippen LogP) is 5.00. The first-order chi connectivity index (χ1) is 10.1. The van der Waals surface area contributed by atoms with E-state index in [-0.39, 0.29) is 29.9 Å². The summed E-state index contributed by atoms with van der Waals surface area (Å²) in [5, 5.41) is 0. The second kappa shape index (κ2) is 7.75. The summed E-state index contributed by atoms with van der Waals surface area (Å²) in [6, 6.07) is 1.53. The number of alkyl halides is 8. The molecule has 1 aromatic rings. The van der Waals surface area contributed by atoms with Gasteiger partial charge in [-0.3, -0.25) is 4.90 Å². The molecule has 0 amide bonds. The Morgan fingerprint density at radius 3 is 1.50 bits per heavy atom. The zero-order valence-electron chi connectivity index (χ0n) is 11.2. The van der Waals surface area contributed by atoms with Crippen LogP contribution in [0, 0.1) is 0 Å². The monoisotopic (exact) mass is 367 g/mol. The standard InChI is InChI=1S/C13H13Cl2F6N/c14-1-3-22(4-2-15)8-9-5-10(12(16,17)18)7-11(6-9)13(19,20)21/h5-7H,1-4,8H2. The van der Waals surface area contributed by atoms with Crippen molar-refractivity contribution in [2.45, 2.75) is 18.9 Å². The Bertz CT molecular complexity index is 448. The molecular weight excluding hydrogens is 355 g/mol. The topological polar surface area (TPSA) is 3.24 Å². The maximum Gasteiger partial charge on any atom is 0.416 e. The minimum atomic E-state index is -4.85. The van der Waals surface area contributed by atoms with Crippen molar-refractivity contribution in [1.29, 1.82) is 0 Å². The summed E-state index contributed by atoms with van der Waals surface area (Å²) in [7, 11) is 0. The Morgan fingerprint density at radius 2 is 1.18 bits per heavy atom. The quantitative estimate of drug-likeness (QED) is 0.504. The molecule has 126 valence electrons. The summed E-state index contributed by atoms with van der Waals surface area (Å²) in [6.07, 6.45) is -9.69. The van der Waals surface area contributed by atoms with Crippen molar-refractivity contribution in [2.75, 3.05) is 24.8 Å². The molecule has 0 aliphatic carbocycles. The maximum atomic E-state index is 12.7. The van der Waals surface area contributed by atoms with Crippen molar-refractivity contribution >= 4 is 23.2 Å². The van der Waals surface area contributed by atoms with Gasteiger partial charge in [0.15, 0.2) is 0 Å². The molecule has 0 aliphatic rings. The largest absolute Gasteiger partial charge is 0.416 e. The van der Waals surface area contributed by atoms with Gasteiger partial charge >= 0.3 is 12.4 Å². The number of hydrogen-bond acceptors (Lipinski definition) is 1. The lowest BCUT2D eigenvalue weighted by Gasteiger charge is -2.21. The van der Waals surface area contributed by atoms with E-state index in [0.29, 0.717) is 25.2 Å². The molecule has 0 saturated heterocycles. The van der Waals surface area contributed by atoms with Crippen LogP contribution >= 0.6 is 23.2 Å². The molecule has 0 aliphatic heterocycles. The molecule has 0 aromatic heterocycles. The van der Waals surface area contributed by atoms with Crippen molar-refractivity contribution in [3.63, 3.8) is 0 Å². The fourth-order valence-corrected chi connectivity index (χ4v) is 2.36. The number of halogens is 8. The van der Waals surface area contributed by atoms with Crippen molar-refractivity contribution in [1.82, 2.24) is 4.90 Å². The van der Waals surface area contributed by atoms with Crippen LogP contribution in [0.4, 0.5) is 26.3 Å². The molecule has 0 bridgehead atoms. The first-order valence-corrected chi connectivity index (χ1v) is 7.27. The van der Waals surface area contributed by atoms with Gasteiger partial charge < -0.3 is 0 Å². The molecule has 0 heterocycles. The zero-order chi connectivity index (χ0) is 17.0. The summed E-state index contributed by atoms with van der Waals surface area (Å²) < 4.78 is 76.5. The summed E-state index contributed by atoms with van der Waals surface area (Å²) in [4.78, 5) is 1.59. The van der Waals surface area contributed by atoms with Gasteiger partial charge in [0.25, 0.3) is 0 Å². The van der Waals surface area contributed by atoms with Gasteiger partial charge in [-0.1, -0.05) is 0 Å². The fraction of sp³-hybridized carbons (Fsp3) is 0.538. The molecular formula is C13H13Cl2F6N. The van der Waals surface area contributed by atoms with E-state index in [2.05, 4.69) is 0 Å². The van der Waals surface area contributed by atoms with Crippen LogP contribution in [0.1, 0.15) is 16.7 Å². The third-order valence-electron chi connectivity index (χ3n) is 2.86. The highest BCUT2D eigenvalue weighted by Gasteiger charge is 2.36. The molecule has 0 N–H and O–H groups in total. The van der Waals surface area contributed by atoms with Crippen LogP contribution in [0.15, 0.2) is 18.2 Å². The molecule has 0 spiro atoms. The number of nitrogens with zero attached hydrogens (tertiary/aromatic N) is 1. The van der Waals surface area contributed by atoms with Gasteiger partial charge in [-0.15, -0.1) is 23.2 Å². The highest BCUT2D eigenvalue weighted by molar-refractivity contribution is 6.18. The minimum Gasteiger partial charge on any atom is -0.297 e. The minimum absolute atomic E-state index is 0.0858. The van der Waals surface area contributed by atoms with Gasteiger partial charge in [0.05, 0.1) is 11.1 Å². The summed E-state index contributed by atoms with van der Waals surface area (Å²) in [5.74, 6) is 0.393. The van der Waals surface area contributed by atoms with Gasteiger partial charge in [-0.05, 0) is 23.8 Å². The van der Waals surface area contributed by atoms with Crippen molar-refractivity contribution < 1.29 is 26.3 Å². The number of benzene rings is 1. The number of rotatable bonds is 6. The average molecular weight is 368 g/mol. The van der Waals surface area contributed by atoms with Crippen LogP contribution in [-0.4, -0.2) is 29.7 Å². The van der Waals surface area contributed by atoms with E-state index in [9.17, 15) is 26.3 Å². The Balaban J connectivity index is 3.17. The van der Waals surface area contributed by atoms with Crippen LogP contribution < -0.4 is 0 Å². The Hall–Kier alpha value is -0.660. The van der Waals surface area contributed by atoms with Crippen molar-refractivity contribution in [3.05, 3.63) is 34.9 Å². The molecule has 1 nitrogen and oxygen atoms in total.